The van der Waals surface area contributed by atoms with Crippen molar-refractivity contribution in [1.29, 1.82) is 0 Å². The van der Waals surface area contributed by atoms with Gasteiger partial charge in [-0.1, -0.05) is 12.7 Å². The molecule has 2 rings (SSSR count). The number of hydrogen-bond acceptors (Lipinski definition) is 4. The third-order valence-corrected chi connectivity index (χ3v) is 1.85. The fourth-order valence-electron chi connectivity index (χ4n) is 1.25. The molecule has 0 spiro atoms. The summed E-state index contributed by atoms with van der Waals surface area (Å²) >= 11 is 0. The summed E-state index contributed by atoms with van der Waals surface area (Å²) in [5, 5.41) is 0. The summed E-state index contributed by atoms with van der Waals surface area (Å²) in [7, 11) is 0. The van der Waals surface area contributed by atoms with E-state index in [0.29, 0.717) is 5.57 Å². The van der Waals surface area contributed by atoms with Crippen molar-refractivity contribution >= 4 is 17.7 Å². The predicted molar refractivity (Wildman–Crippen MR) is 41.4 cm³/mol. The number of rotatable bonds is 0. The summed E-state index contributed by atoms with van der Waals surface area (Å²) < 4.78 is 4.28. The summed E-state index contributed by atoms with van der Waals surface area (Å²) in [5.41, 5.74) is 0.139. The van der Waals surface area contributed by atoms with Crippen molar-refractivity contribution in [2.75, 3.05) is 0 Å². The molecule has 0 N–H and O–H groups in total. The lowest BCUT2D eigenvalue weighted by atomic mass is 9.94. The third-order valence-electron chi connectivity index (χ3n) is 1.85. The van der Waals surface area contributed by atoms with Gasteiger partial charge in [-0.05, 0) is 11.6 Å². The Morgan fingerprint density at radius 1 is 1.00 bits per heavy atom. The van der Waals surface area contributed by atoms with Crippen LogP contribution >= 0.6 is 0 Å². The minimum Gasteiger partial charge on any atom is -0.386 e. The molecule has 0 amide bonds. The van der Waals surface area contributed by atoms with E-state index in [9.17, 15) is 14.4 Å². The average molecular weight is 176 g/mol. The Labute approximate surface area is 73.2 Å². The largest absolute Gasteiger partial charge is 0.386 e. The zero-order valence-electron chi connectivity index (χ0n) is 6.49. The molecule has 4 heteroatoms. The minimum atomic E-state index is -0.879. The van der Waals surface area contributed by atoms with Crippen LogP contribution in [0.25, 0.3) is 0 Å². The van der Waals surface area contributed by atoms with Crippen LogP contribution in [0.15, 0.2) is 35.5 Å². The fraction of sp³-hybridized carbons (Fsp3) is 0. The molecular weight excluding hydrogens is 172 g/mol. The summed E-state index contributed by atoms with van der Waals surface area (Å²) in [6.45, 7) is 3.53. The Morgan fingerprint density at radius 3 is 2.23 bits per heavy atom. The first kappa shape index (κ1) is 7.67. The highest BCUT2D eigenvalue weighted by molar-refractivity contribution is 6.33. The van der Waals surface area contributed by atoms with Gasteiger partial charge < -0.3 is 4.74 Å². The monoisotopic (exact) mass is 176 g/mol. The van der Waals surface area contributed by atoms with Crippen molar-refractivity contribution in [2.24, 2.45) is 0 Å². The number of allylic oxidation sites excluding steroid dienone is 2. The Morgan fingerprint density at radius 2 is 1.62 bits per heavy atom. The maximum atomic E-state index is 11.1. The van der Waals surface area contributed by atoms with Gasteiger partial charge in [0.2, 0.25) is 0 Å². The standard InChI is InChI=1S/C9H4O4/c1-4-2-3-5(10)7-6(4)8(11)13-9(7)12/h2-3H,1H2. The van der Waals surface area contributed by atoms with E-state index in [1.165, 1.54) is 12.2 Å². The summed E-state index contributed by atoms with van der Waals surface area (Å²) in [6.07, 6.45) is 2.59. The predicted octanol–water partition coefficient (Wildman–Crippen LogP) is 0.0615. The number of cyclic esters (lactones) is 2. The van der Waals surface area contributed by atoms with E-state index >= 15 is 0 Å². The summed E-state index contributed by atoms with van der Waals surface area (Å²) in [6, 6.07) is 0. The van der Waals surface area contributed by atoms with E-state index in [4.69, 9.17) is 0 Å². The van der Waals surface area contributed by atoms with E-state index in [0.717, 1.165) is 0 Å². The Hall–Kier alpha value is -1.97. The van der Waals surface area contributed by atoms with Gasteiger partial charge in [-0.25, -0.2) is 9.59 Å². The first-order valence-electron chi connectivity index (χ1n) is 3.53. The maximum absolute atomic E-state index is 11.1. The molecule has 1 heterocycles. The first-order valence-corrected chi connectivity index (χ1v) is 3.53. The number of carbonyl (C=O) groups is 3. The second kappa shape index (κ2) is 2.26. The van der Waals surface area contributed by atoms with Gasteiger partial charge in [-0.2, -0.15) is 0 Å². The van der Waals surface area contributed by atoms with Crippen molar-refractivity contribution in [1.82, 2.24) is 0 Å². The third kappa shape index (κ3) is 0.885. The molecule has 0 aromatic rings. The van der Waals surface area contributed by atoms with E-state index in [1.54, 1.807) is 0 Å². The Bertz CT molecular complexity index is 385. The lowest BCUT2D eigenvalue weighted by Crippen LogP contribution is -2.11. The van der Waals surface area contributed by atoms with Crippen molar-refractivity contribution < 1.29 is 19.1 Å². The summed E-state index contributed by atoms with van der Waals surface area (Å²) in [5.74, 6) is -2.17. The van der Waals surface area contributed by atoms with Crippen molar-refractivity contribution in [3.63, 3.8) is 0 Å². The van der Waals surface area contributed by atoms with E-state index in [2.05, 4.69) is 11.3 Å². The second-order valence-corrected chi connectivity index (χ2v) is 2.65. The van der Waals surface area contributed by atoms with Gasteiger partial charge in [0, 0.05) is 0 Å². The molecule has 13 heavy (non-hydrogen) atoms. The first-order chi connectivity index (χ1) is 6.11. The van der Waals surface area contributed by atoms with Crippen LogP contribution in [0, 0.1) is 0 Å². The molecule has 64 valence electrons. The maximum Gasteiger partial charge on any atom is 0.350 e. The molecule has 0 aromatic heterocycles. The zero-order chi connectivity index (χ0) is 9.59. The number of esters is 2. The van der Waals surface area contributed by atoms with E-state index < -0.39 is 17.7 Å². The molecule has 0 saturated carbocycles. The van der Waals surface area contributed by atoms with E-state index in [1.807, 2.05) is 0 Å². The van der Waals surface area contributed by atoms with Crippen molar-refractivity contribution in [2.45, 2.75) is 0 Å². The lowest BCUT2D eigenvalue weighted by molar-refractivity contribution is -0.151. The Balaban J connectivity index is 2.66. The van der Waals surface area contributed by atoms with Crippen LogP contribution in [0.5, 0.6) is 0 Å². The topological polar surface area (TPSA) is 60.4 Å². The van der Waals surface area contributed by atoms with Crippen LogP contribution in [-0.4, -0.2) is 17.7 Å². The summed E-state index contributed by atoms with van der Waals surface area (Å²) in [4.78, 5) is 33.1. The van der Waals surface area contributed by atoms with Crippen LogP contribution in [0.3, 0.4) is 0 Å². The normalized spacial score (nSPS) is 20.9. The molecular formula is C9H4O4. The molecule has 0 saturated heterocycles. The van der Waals surface area contributed by atoms with Crippen LogP contribution < -0.4 is 0 Å². The number of carbonyl (C=O) groups excluding carboxylic acids is 3. The quantitative estimate of drug-likeness (QED) is 0.297. The molecule has 0 fully saturated rings. The second-order valence-electron chi connectivity index (χ2n) is 2.65. The van der Waals surface area contributed by atoms with Crippen molar-refractivity contribution in [3.05, 3.63) is 35.5 Å². The van der Waals surface area contributed by atoms with Crippen LogP contribution in [-0.2, 0) is 19.1 Å². The van der Waals surface area contributed by atoms with Gasteiger partial charge in [0.15, 0.2) is 5.78 Å². The SMILES string of the molecule is C=C1C=CC(=O)C2=C1C(=O)OC2=O. The highest BCUT2D eigenvalue weighted by Gasteiger charge is 2.38. The van der Waals surface area contributed by atoms with Gasteiger partial charge in [0.1, 0.15) is 5.57 Å². The van der Waals surface area contributed by atoms with E-state index in [-0.39, 0.29) is 11.1 Å². The van der Waals surface area contributed by atoms with Crippen LogP contribution in [0.2, 0.25) is 0 Å². The molecule has 0 unspecified atom stereocenters. The van der Waals surface area contributed by atoms with Crippen LogP contribution in [0.1, 0.15) is 0 Å². The molecule has 0 aromatic carbocycles. The number of ketones is 1. The highest BCUT2D eigenvalue weighted by Crippen LogP contribution is 2.28. The minimum absolute atomic E-state index is 0.00231. The van der Waals surface area contributed by atoms with Crippen molar-refractivity contribution in [3.8, 4) is 0 Å². The lowest BCUT2D eigenvalue weighted by Gasteiger charge is -2.03. The molecule has 0 atom stereocenters. The molecule has 4 nitrogen and oxygen atoms in total. The number of hydrogen-bond donors (Lipinski definition) is 0. The van der Waals surface area contributed by atoms with Crippen LogP contribution in [0.4, 0.5) is 0 Å². The molecule has 1 aliphatic carbocycles. The fourth-order valence-corrected chi connectivity index (χ4v) is 1.25. The average Bonchev–Trinajstić information content (AvgIpc) is 2.36. The zero-order valence-corrected chi connectivity index (χ0v) is 6.49. The molecule has 1 aliphatic heterocycles. The molecule has 0 radical (unpaired) electrons. The molecule has 0 bridgehead atoms. The highest BCUT2D eigenvalue weighted by atomic mass is 16.6. The smallest absolute Gasteiger partial charge is 0.350 e. The van der Waals surface area contributed by atoms with Gasteiger partial charge in [-0.3, -0.25) is 4.79 Å². The Kier molecular flexibility index (Phi) is 1.33. The molecule has 2 aliphatic rings. The van der Waals surface area contributed by atoms with Gasteiger partial charge in [0.25, 0.3) is 0 Å². The van der Waals surface area contributed by atoms with Gasteiger partial charge in [0.05, 0.1) is 5.57 Å². The number of ether oxygens (including phenoxy) is 1. The van der Waals surface area contributed by atoms with Gasteiger partial charge >= 0.3 is 11.9 Å². The van der Waals surface area contributed by atoms with Gasteiger partial charge in [-0.15, -0.1) is 0 Å².